The lowest BCUT2D eigenvalue weighted by atomic mass is 9.89. The first-order valence-electron chi connectivity index (χ1n) is 7.17. The number of hydrogen-bond acceptors (Lipinski definition) is 4. The second kappa shape index (κ2) is 5.38. The molecule has 2 rings (SSSR count). The molecule has 1 unspecified atom stereocenters. The molecule has 0 aromatic carbocycles. The molecule has 1 saturated heterocycles. The summed E-state index contributed by atoms with van der Waals surface area (Å²) >= 11 is 0. The van der Waals surface area contributed by atoms with Crippen molar-refractivity contribution in [3.63, 3.8) is 0 Å². The van der Waals surface area contributed by atoms with Crippen molar-refractivity contribution in [3.05, 3.63) is 11.4 Å². The zero-order chi connectivity index (χ0) is 15.8. The third-order valence-electron chi connectivity index (χ3n) is 4.23. The Labute approximate surface area is 124 Å². The minimum absolute atomic E-state index is 0.0370. The summed E-state index contributed by atoms with van der Waals surface area (Å²) in [6, 6.07) is 0. The van der Waals surface area contributed by atoms with E-state index in [9.17, 15) is 9.59 Å². The monoisotopic (exact) mass is 293 g/mol. The molecule has 1 atom stereocenters. The third kappa shape index (κ3) is 2.48. The Hall–Kier alpha value is -2.05. The molecule has 21 heavy (non-hydrogen) atoms. The molecular weight excluding hydrogens is 270 g/mol. The van der Waals surface area contributed by atoms with E-state index in [0.717, 1.165) is 5.69 Å². The summed E-state index contributed by atoms with van der Waals surface area (Å²) in [6.45, 7) is 4.78. The third-order valence-corrected chi connectivity index (χ3v) is 4.23. The van der Waals surface area contributed by atoms with Crippen LogP contribution in [-0.2, 0) is 18.3 Å². The lowest BCUT2D eigenvalue weighted by Gasteiger charge is -2.22. The van der Waals surface area contributed by atoms with Crippen LogP contribution < -0.4 is 11.1 Å². The van der Waals surface area contributed by atoms with E-state index in [2.05, 4.69) is 10.4 Å². The Morgan fingerprint density at radius 1 is 1.48 bits per heavy atom. The average Bonchev–Trinajstić information content (AvgIpc) is 2.99. The maximum atomic E-state index is 12.7. The number of carbonyl (C=O) groups excluding carboxylic acids is 2. The van der Waals surface area contributed by atoms with Gasteiger partial charge in [0.05, 0.1) is 16.8 Å². The predicted octanol–water partition coefficient (Wildman–Crippen LogP) is 0.163. The molecule has 0 aliphatic carbocycles. The molecule has 2 amide bonds. The van der Waals surface area contributed by atoms with Gasteiger partial charge < -0.3 is 16.0 Å². The van der Waals surface area contributed by atoms with Crippen LogP contribution in [0.3, 0.4) is 0 Å². The van der Waals surface area contributed by atoms with E-state index in [0.29, 0.717) is 37.3 Å². The molecule has 116 valence electrons. The first kappa shape index (κ1) is 15.3. The van der Waals surface area contributed by atoms with Crippen LogP contribution in [0, 0.1) is 5.41 Å². The molecule has 1 aliphatic rings. The predicted molar refractivity (Wildman–Crippen MR) is 79.7 cm³/mol. The smallest absolute Gasteiger partial charge is 0.274 e. The van der Waals surface area contributed by atoms with Gasteiger partial charge in [0.1, 0.15) is 5.69 Å². The van der Waals surface area contributed by atoms with Gasteiger partial charge in [-0.25, -0.2) is 0 Å². The standard InChI is InChI=1S/C14H23N5O2/c1-5-9-10(15)11(18(4)17-9)12(20)19-7-6-14(2,8-19)13(21)16-3/h5-8,15H2,1-4H3,(H,16,21). The fraction of sp³-hybridized carbons (Fsp3) is 0.643. The van der Waals surface area contributed by atoms with Gasteiger partial charge in [0.15, 0.2) is 0 Å². The van der Waals surface area contributed by atoms with Crippen molar-refractivity contribution in [1.29, 1.82) is 0 Å². The van der Waals surface area contributed by atoms with Gasteiger partial charge in [-0.05, 0) is 19.8 Å². The highest BCUT2D eigenvalue weighted by molar-refractivity contribution is 5.98. The van der Waals surface area contributed by atoms with Crippen molar-refractivity contribution in [2.45, 2.75) is 26.7 Å². The summed E-state index contributed by atoms with van der Waals surface area (Å²) < 4.78 is 1.53. The van der Waals surface area contributed by atoms with Crippen LogP contribution in [0.5, 0.6) is 0 Å². The maximum absolute atomic E-state index is 12.7. The molecule has 1 fully saturated rings. The van der Waals surface area contributed by atoms with Gasteiger partial charge in [0.2, 0.25) is 5.91 Å². The fourth-order valence-corrected chi connectivity index (χ4v) is 2.88. The normalized spacial score (nSPS) is 21.6. The van der Waals surface area contributed by atoms with Gasteiger partial charge in [0, 0.05) is 27.2 Å². The van der Waals surface area contributed by atoms with Crippen LogP contribution in [0.4, 0.5) is 5.69 Å². The summed E-state index contributed by atoms with van der Waals surface area (Å²) in [5.41, 5.74) is 7.07. The van der Waals surface area contributed by atoms with Crippen LogP contribution in [-0.4, -0.2) is 46.6 Å². The topological polar surface area (TPSA) is 93.2 Å². The second-order valence-electron chi connectivity index (χ2n) is 5.80. The highest BCUT2D eigenvalue weighted by Crippen LogP contribution is 2.32. The SMILES string of the molecule is CCc1nn(C)c(C(=O)N2CCC(C)(C(=O)NC)C2)c1N. The van der Waals surface area contributed by atoms with E-state index in [-0.39, 0.29) is 11.8 Å². The minimum Gasteiger partial charge on any atom is -0.395 e. The van der Waals surface area contributed by atoms with Crippen molar-refractivity contribution in [2.75, 3.05) is 25.9 Å². The zero-order valence-electron chi connectivity index (χ0n) is 13.1. The van der Waals surface area contributed by atoms with E-state index < -0.39 is 5.41 Å². The van der Waals surface area contributed by atoms with Gasteiger partial charge in [0.25, 0.3) is 5.91 Å². The average molecular weight is 293 g/mol. The van der Waals surface area contributed by atoms with E-state index >= 15 is 0 Å². The summed E-state index contributed by atoms with van der Waals surface area (Å²) in [4.78, 5) is 26.3. The van der Waals surface area contributed by atoms with Crippen molar-refractivity contribution < 1.29 is 9.59 Å². The van der Waals surface area contributed by atoms with Crippen LogP contribution in [0.15, 0.2) is 0 Å². The minimum atomic E-state index is -0.536. The molecular formula is C14H23N5O2. The van der Waals surface area contributed by atoms with E-state index in [1.165, 1.54) is 4.68 Å². The Bertz CT molecular complexity index is 580. The Morgan fingerprint density at radius 3 is 2.67 bits per heavy atom. The lowest BCUT2D eigenvalue weighted by molar-refractivity contribution is -0.128. The second-order valence-corrected chi connectivity index (χ2v) is 5.80. The molecule has 7 heteroatoms. The largest absolute Gasteiger partial charge is 0.395 e. The number of likely N-dealkylation sites (tertiary alicyclic amines) is 1. The molecule has 0 spiro atoms. The first-order chi connectivity index (χ1) is 9.84. The summed E-state index contributed by atoms with van der Waals surface area (Å²) in [5.74, 6) is -0.195. The van der Waals surface area contributed by atoms with Crippen LogP contribution >= 0.6 is 0 Å². The number of aryl methyl sites for hydroxylation is 2. The number of nitrogen functional groups attached to an aromatic ring is 1. The Kier molecular flexibility index (Phi) is 3.93. The summed E-state index contributed by atoms with van der Waals surface area (Å²) in [6.07, 6.45) is 1.33. The van der Waals surface area contributed by atoms with E-state index in [1.54, 1.807) is 19.0 Å². The van der Waals surface area contributed by atoms with Crippen molar-refractivity contribution in [1.82, 2.24) is 20.0 Å². The number of aromatic nitrogens is 2. The number of amides is 2. The summed E-state index contributed by atoms with van der Waals surface area (Å²) in [5, 5.41) is 6.94. The Balaban J connectivity index is 2.23. The quantitative estimate of drug-likeness (QED) is 0.830. The molecule has 1 aromatic rings. The number of nitrogens with two attached hydrogens (primary N) is 1. The molecule has 0 radical (unpaired) electrons. The Morgan fingerprint density at radius 2 is 2.14 bits per heavy atom. The number of nitrogens with zero attached hydrogens (tertiary/aromatic N) is 3. The number of carbonyl (C=O) groups is 2. The van der Waals surface area contributed by atoms with E-state index in [1.807, 2.05) is 13.8 Å². The number of rotatable bonds is 3. The van der Waals surface area contributed by atoms with Crippen molar-refractivity contribution >= 4 is 17.5 Å². The fourth-order valence-electron chi connectivity index (χ4n) is 2.88. The number of anilines is 1. The van der Waals surface area contributed by atoms with Gasteiger partial charge in [-0.3, -0.25) is 14.3 Å². The van der Waals surface area contributed by atoms with Gasteiger partial charge in [-0.2, -0.15) is 5.10 Å². The lowest BCUT2D eigenvalue weighted by Crippen LogP contribution is -2.40. The van der Waals surface area contributed by atoms with E-state index in [4.69, 9.17) is 5.73 Å². The van der Waals surface area contributed by atoms with Gasteiger partial charge in [-0.15, -0.1) is 0 Å². The highest BCUT2D eigenvalue weighted by Gasteiger charge is 2.42. The van der Waals surface area contributed by atoms with Crippen LogP contribution in [0.1, 0.15) is 36.5 Å². The van der Waals surface area contributed by atoms with Crippen LogP contribution in [0.25, 0.3) is 0 Å². The molecule has 3 N–H and O–H groups in total. The first-order valence-corrected chi connectivity index (χ1v) is 7.17. The van der Waals surface area contributed by atoms with Gasteiger partial charge in [-0.1, -0.05) is 6.92 Å². The highest BCUT2D eigenvalue weighted by atomic mass is 16.2. The number of nitrogens with one attached hydrogen (secondary N) is 1. The number of hydrogen-bond donors (Lipinski definition) is 2. The van der Waals surface area contributed by atoms with Gasteiger partial charge >= 0.3 is 0 Å². The summed E-state index contributed by atoms with van der Waals surface area (Å²) in [7, 11) is 3.33. The molecule has 0 saturated carbocycles. The molecule has 1 aromatic heterocycles. The molecule has 2 heterocycles. The molecule has 0 bridgehead atoms. The molecule has 7 nitrogen and oxygen atoms in total. The van der Waals surface area contributed by atoms with Crippen molar-refractivity contribution in [3.8, 4) is 0 Å². The zero-order valence-corrected chi connectivity index (χ0v) is 13.1. The van der Waals surface area contributed by atoms with Crippen molar-refractivity contribution in [2.24, 2.45) is 12.5 Å². The molecule has 1 aliphatic heterocycles. The van der Waals surface area contributed by atoms with Crippen LogP contribution in [0.2, 0.25) is 0 Å². The maximum Gasteiger partial charge on any atom is 0.274 e.